The van der Waals surface area contributed by atoms with Crippen LogP contribution in [0.2, 0.25) is 0 Å². The zero-order chi connectivity index (χ0) is 30.9. The van der Waals surface area contributed by atoms with Crippen LogP contribution < -0.4 is 21.3 Å². The first-order valence-corrected chi connectivity index (χ1v) is 18.8. The summed E-state index contributed by atoms with van der Waals surface area (Å²) in [7, 11) is -1.70. The molecule has 0 spiro atoms. The molecule has 0 amide bonds. The van der Waals surface area contributed by atoms with Crippen LogP contribution in [0.1, 0.15) is 54.8 Å². The van der Waals surface area contributed by atoms with Crippen LogP contribution in [-0.4, -0.2) is 24.9 Å². The number of hydrogen-bond donors (Lipinski definition) is 0. The molecule has 0 aliphatic rings. The minimum atomic E-state index is -2.54. The Bertz CT molecular complexity index is 1660. The van der Waals surface area contributed by atoms with Crippen LogP contribution >= 0.6 is 0 Å². The van der Waals surface area contributed by atoms with Gasteiger partial charge in [0, 0.05) is 18.6 Å². The van der Waals surface area contributed by atoms with E-state index in [-0.39, 0.29) is 5.82 Å². The van der Waals surface area contributed by atoms with Gasteiger partial charge in [-0.25, -0.2) is 0 Å². The van der Waals surface area contributed by atoms with Crippen LogP contribution in [0, 0.1) is 0 Å². The zero-order valence-electron chi connectivity index (χ0n) is 26.6. The molecule has 6 aromatic rings. The highest BCUT2D eigenvalue weighted by molar-refractivity contribution is 7.10. The first kappa shape index (κ1) is 30.6. The van der Waals surface area contributed by atoms with Gasteiger partial charge in [0.05, 0.1) is 5.72 Å². The van der Waals surface area contributed by atoms with E-state index in [1.54, 1.807) is 0 Å². The third-order valence-corrected chi connectivity index (χ3v) is 14.0. The summed E-state index contributed by atoms with van der Waals surface area (Å²) in [6.45, 7) is 4.51. The minimum absolute atomic E-state index is 0.225. The Balaban J connectivity index is 1.48. The van der Waals surface area contributed by atoms with Crippen molar-refractivity contribution in [3.63, 3.8) is 0 Å². The molecule has 6 rings (SSSR count). The number of nitrogens with zero attached hydrogens (tertiary/aromatic N) is 2. The molecule has 0 aliphatic carbocycles. The van der Waals surface area contributed by atoms with Crippen molar-refractivity contribution in [3.05, 3.63) is 174 Å². The number of hydrogen-bond acceptors (Lipinski definition) is 1. The molecule has 5 aromatic carbocycles. The Kier molecular flexibility index (Phi) is 9.92. The van der Waals surface area contributed by atoms with E-state index < -0.39 is 8.07 Å². The molecule has 0 N–H and O–H groups in total. The molecule has 4 heteroatoms. The van der Waals surface area contributed by atoms with E-state index in [1.807, 2.05) is 6.20 Å². The van der Waals surface area contributed by atoms with Crippen molar-refractivity contribution in [2.24, 2.45) is 0 Å². The van der Waals surface area contributed by atoms with E-state index in [9.17, 15) is 0 Å². The van der Waals surface area contributed by atoms with E-state index in [1.165, 1.54) is 37.8 Å². The molecule has 224 valence electrons. The van der Waals surface area contributed by atoms with Crippen molar-refractivity contribution in [2.75, 3.05) is 0 Å². The summed E-state index contributed by atoms with van der Waals surface area (Å²) < 4.78 is 2.47. The number of benzene rings is 5. The lowest BCUT2D eigenvalue weighted by molar-refractivity contribution is 0.889. The van der Waals surface area contributed by atoms with Crippen molar-refractivity contribution in [3.8, 4) is 0 Å². The molecule has 0 bridgehead atoms. The smallest absolute Gasteiger partial charge is 0.217 e. The SMILES string of the molecule is CCCc1ccc([Si](Cn2ccnc2BC(c2ccccc2)c2ccccc2)(c2ccccc2)c2ccc(CCC)cc2)cc1. The first-order chi connectivity index (χ1) is 22.2. The summed E-state index contributed by atoms with van der Waals surface area (Å²) in [5.41, 5.74) is 6.59. The first-order valence-electron chi connectivity index (χ1n) is 16.6. The average molecular weight is 603 g/mol. The van der Waals surface area contributed by atoms with Gasteiger partial charge < -0.3 is 4.57 Å². The number of rotatable bonds is 13. The van der Waals surface area contributed by atoms with Gasteiger partial charge in [0.1, 0.15) is 0 Å². The maximum atomic E-state index is 5.03. The van der Waals surface area contributed by atoms with Gasteiger partial charge in [-0.15, -0.1) is 0 Å². The van der Waals surface area contributed by atoms with Gasteiger partial charge in [0.15, 0.2) is 8.07 Å². The van der Waals surface area contributed by atoms with E-state index in [2.05, 4.69) is 164 Å². The molecule has 0 aliphatic heterocycles. The summed E-state index contributed by atoms with van der Waals surface area (Å²) in [5.74, 6) is 0.225. The maximum absolute atomic E-state index is 5.03. The summed E-state index contributed by atoms with van der Waals surface area (Å²) in [6.07, 6.45) is 9.63. The van der Waals surface area contributed by atoms with E-state index in [0.29, 0.717) is 0 Å². The van der Waals surface area contributed by atoms with Gasteiger partial charge in [-0.05, 0) is 56.5 Å². The Morgan fingerprint density at radius 1 is 0.578 bits per heavy atom. The lowest BCUT2D eigenvalue weighted by atomic mass is 9.58. The Hall–Kier alpha value is -4.41. The predicted octanol–water partition coefficient (Wildman–Crippen LogP) is 6.35. The quantitative estimate of drug-likeness (QED) is 0.111. The van der Waals surface area contributed by atoms with E-state index >= 15 is 0 Å². The standard InChI is InChI=1S/C41H43BN2Si/c1-3-14-33-22-26-38(27-23-33)45(37-20-12-7-13-21-37,39-28-24-34(15-4-2)25-29-39)32-44-31-30-43-41(44)42-40(35-16-8-5-9-17-35)36-18-10-6-11-19-36/h5-13,16-31,40,42H,3-4,14-15,32H2,1-2H3. The summed E-state index contributed by atoms with van der Waals surface area (Å²) in [4.78, 5) is 5.03. The van der Waals surface area contributed by atoms with Crippen LogP contribution in [0.5, 0.6) is 0 Å². The zero-order valence-corrected chi connectivity index (χ0v) is 27.6. The fourth-order valence-corrected chi connectivity index (χ4v) is 11.5. The van der Waals surface area contributed by atoms with Gasteiger partial charge in [-0.1, -0.05) is 166 Å². The van der Waals surface area contributed by atoms with Crippen LogP contribution in [0.4, 0.5) is 0 Å². The van der Waals surface area contributed by atoms with Crippen molar-refractivity contribution in [2.45, 2.75) is 51.5 Å². The molecule has 0 saturated carbocycles. The molecule has 45 heavy (non-hydrogen) atoms. The van der Waals surface area contributed by atoms with Crippen molar-refractivity contribution < 1.29 is 0 Å². The summed E-state index contributed by atoms with van der Waals surface area (Å²) >= 11 is 0. The van der Waals surface area contributed by atoms with Crippen LogP contribution in [0.3, 0.4) is 0 Å². The lowest BCUT2D eigenvalue weighted by Crippen LogP contribution is -2.70. The van der Waals surface area contributed by atoms with Crippen LogP contribution in [0.15, 0.2) is 152 Å². The second-order valence-electron chi connectivity index (χ2n) is 12.2. The molecule has 0 fully saturated rings. The van der Waals surface area contributed by atoms with E-state index in [0.717, 1.165) is 44.9 Å². The highest BCUT2D eigenvalue weighted by Gasteiger charge is 2.40. The van der Waals surface area contributed by atoms with Crippen molar-refractivity contribution in [1.29, 1.82) is 0 Å². The van der Waals surface area contributed by atoms with Crippen molar-refractivity contribution in [1.82, 2.24) is 9.55 Å². The molecule has 0 atom stereocenters. The Labute approximate surface area is 271 Å². The van der Waals surface area contributed by atoms with Gasteiger partial charge in [0.25, 0.3) is 0 Å². The molecule has 0 saturated heterocycles. The summed E-state index contributed by atoms with van der Waals surface area (Å²) in [6, 6.07) is 52.3. The second kappa shape index (κ2) is 14.6. The fourth-order valence-electron chi connectivity index (χ4n) is 6.90. The van der Waals surface area contributed by atoms with Gasteiger partial charge >= 0.3 is 0 Å². The maximum Gasteiger partial charge on any atom is 0.217 e. The van der Waals surface area contributed by atoms with Gasteiger partial charge in [0.2, 0.25) is 7.28 Å². The minimum Gasteiger partial charge on any atom is -0.345 e. The largest absolute Gasteiger partial charge is 0.345 e. The average Bonchev–Trinajstić information content (AvgIpc) is 3.54. The van der Waals surface area contributed by atoms with Gasteiger partial charge in [-0.2, -0.15) is 0 Å². The number of aromatic nitrogens is 2. The molecule has 2 nitrogen and oxygen atoms in total. The molecule has 1 heterocycles. The number of aryl methyl sites for hydroxylation is 2. The number of imidazole rings is 1. The molecular formula is C41H43BN2Si. The summed E-state index contributed by atoms with van der Waals surface area (Å²) in [5, 5.41) is 4.32. The van der Waals surface area contributed by atoms with E-state index in [4.69, 9.17) is 4.98 Å². The normalized spacial score (nSPS) is 11.5. The van der Waals surface area contributed by atoms with Crippen LogP contribution in [0.25, 0.3) is 0 Å². The fraction of sp³-hybridized carbons (Fsp3) is 0.195. The lowest BCUT2D eigenvalue weighted by Gasteiger charge is -2.35. The molecular weight excluding hydrogens is 559 g/mol. The third-order valence-electron chi connectivity index (χ3n) is 9.24. The topological polar surface area (TPSA) is 17.8 Å². The third kappa shape index (κ3) is 6.82. The molecule has 0 radical (unpaired) electrons. The Morgan fingerprint density at radius 2 is 1.02 bits per heavy atom. The second-order valence-corrected chi connectivity index (χ2v) is 16.1. The molecule has 1 aromatic heterocycles. The highest BCUT2D eigenvalue weighted by Crippen LogP contribution is 2.23. The van der Waals surface area contributed by atoms with Gasteiger partial charge in [-0.3, -0.25) is 4.98 Å². The van der Waals surface area contributed by atoms with Crippen molar-refractivity contribution >= 4 is 36.6 Å². The Morgan fingerprint density at radius 3 is 1.49 bits per heavy atom. The monoisotopic (exact) mass is 602 g/mol. The molecule has 0 unspecified atom stereocenters. The highest BCUT2D eigenvalue weighted by atomic mass is 28.3. The van der Waals surface area contributed by atoms with Crippen LogP contribution in [-0.2, 0) is 19.0 Å². The predicted molar refractivity (Wildman–Crippen MR) is 196 cm³/mol.